The van der Waals surface area contributed by atoms with Gasteiger partial charge < -0.3 is 4.74 Å². The zero-order chi connectivity index (χ0) is 19.0. The summed E-state index contributed by atoms with van der Waals surface area (Å²) in [6, 6.07) is 9.07. The van der Waals surface area contributed by atoms with Crippen LogP contribution in [-0.4, -0.2) is 28.5 Å². The largest absolute Gasteiger partial charge is 0.439 e. The summed E-state index contributed by atoms with van der Waals surface area (Å²) in [5.74, 6) is -0.618. The molecule has 1 aliphatic heterocycles. The van der Waals surface area contributed by atoms with Crippen LogP contribution in [0, 0.1) is 11.3 Å². The Labute approximate surface area is 150 Å². The highest BCUT2D eigenvalue weighted by molar-refractivity contribution is 6.00. The van der Waals surface area contributed by atoms with Crippen molar-refractivity contribution in [3.05, 3.63) is 48.0 Å². The number of benzene rings is 1. The molecule has 0 unspecified atom stereocenters. The van der Waals surface area contributed by atoms with Crippen molar-refractivity contribution >= 4 is 11.9 Å². The molecule has 1 fully saturated rings. The lowest BCUT2D eigenvalue weighted by Crippen LogP contribution is -2.59. The summed E-state index contributed by atoms with van der Waals surface area (Å²) >= 11 is 0. The summed E-state index contributed by atoms with van der Waals surface area (Å²) in [7, 11) is 0. The predicted octanol–water partition coefficient (Wildman–Crippen LogP) is 4.42. The topological polar surface area (TPSA) is 46.6 Å². The van der Waals surface area contributed by atoms with E-state index in [1.807, 2.05) is 59.7 Å². The van der Waals surface area contributed by atoms with Gasteiger partial charge in [0.1, 0.15) is 5.54 Å². The number of esters is 1. The van der Waals surface area contributed by atoms with Gasteiger partial charge in [-0.1, -0.05) is 58.4 Å². The molecule has 1 amide bonds. The first kappa shape index (κ1) is 19.2. The molecule has 0 bridgehead atoms. The average molecular weight is 343 g/mol. The van der Waals surface area contributed by atoms with E-state index in [-0.39, 0.29) is 17.8 Å². The lowest BCUT2D eigenvalue weighted by atomic mass is 9.78. The molecule has 136 valence electrons. The van der Waals surface area contributed by atoms with Crippen LogP contribution in [-0.2, 0) is 9.53 Å². The second kappa shape index (κ2) is 6.66. The van der Waals surface area contributed by atoms with Crippen LogP contribution in [0.3, 0.4) is 0 Å². The van der Waals surface area contributed by atoms with E-state index in [0.29, 0.717) is 12.0 Å². The minimum absolute atomic E-state index is 0.100. The molecule has 2 atom stereocenters. The van der Waals surface area contributed by atoms with E-state index < -0.39 is 17.2 Å². The van der Waals surface area contributed by atoms with Gasteiger partial charge in [0, 0.05) is 17.4 Å². The lowest BCUT2D eigenvalue weighted by Gasteiger charge is -2.42. The Hall–Kier alpha value is -2.10. The molecule has 0 aromatic heterocycles. The van der Waals surface area contributed by atoms with Crippen molar-refractivity contribution in [1.29, 1.82) is 0 Å². The molecule has 1 aromatic rings. The molecule has 0 saturated carbocycles. The lowest BCUT2D eigenvalue weighted by molar-refractivity contribution is -0.149. The Morgan fingerprint density at radius 1 is 1.28 bits per heavy atom. The van der Waals surface area contributed by atoms with E-state index in [0.717, 1.165) is 5.57 Å². The van der Waals surface area contributed by atoms with Crippen LogP contribution in [0.4, 0.5) is 0 Å². The van der Waals surface area contributed by atoms with Gasteiger partial charge in [-0.2, -0.15) is 0 Å². The van der Waals surface area contributed by atoms with Gasteiger partial charge in [0.15, 0.2) is 6.23 Å². The van der Waals surface area contributed by atoms with Gasteiger partial charge in [0.2, 0.25) is 0 Å². The van der Waals surface area contributed by atoms with E-state index in [1.54, 1.807) is 17.0 Å². The third kappa shape index (κ3) is 3.35. The van der Waals surface area contributed by atoms with Gasteiger partial charge in [-0.05, 0) is 25.0 Å². The van der Waals surface area contributed by atoms with Crippen molar-refractivity contribution in [2.75, 3.05) is 0 Å². The van der Waals surface area contributed by atoms with E-state index in [9.17, 15) is 9.59 Å². The van der Waals surface area contributed by atoms with Crippen LogP contribution in [0.1, 0.15) is 58.3 Å². The number of carbonyl (C=O) groups is 2. The fourth-order valence-corrected chi connectivity index (χ4v) is 3.47. The van der Waals surface area contributed by atoms with Crippen molar-refractivity contribution < 1.29 is 14.3 Å². The maximum absolute atomic E-state index is 13.4. The van der Waals surface area contributed by atoms with Gasteiger partial charge in [-0.3, -0.25) is 9.69 Å². The zero-order valence-corrected chi connectivity index (χ0v) is 16.1. The molecule has 4 heteroatoms. The Morgan fingerprint density at radius 3 is 2.28 bits per heavy atom. The van der Waals surface area contributed by atoms with Crippen LogP contribution in [0.25, 0.3) is 0 Å². The molecule has 4 nitrogen and oxygen atoms in total. The van der Waals surface area contributed by atoms with Gasteiger partial charge in [0.05, 0.1) is 0 Å². The standard InChI is InChI=1S/C21H29NO3/c1-14(2)13-21(15(3)4)19(24)25-18(20(5,6)7)22(21)17(23)16-11-9-8-10-12-16/h8-12,15,18H,1,13H2,2-7H3/t18-,21-/m0/s1. The molecule has 1 aromatic carbocycles. The molecular formula is C21H29NO3. The molecule has 0 spiro atoms. The Morgan fingerprint density at radius 2 is 1.84 bits per heavy atom. The maximum Gasteiger partial charge on any atom is 0.334 e. The SMILES string of the molecule is C=C(C)C[C@]1(C(C)C)C(=O)O[C@@H](C(C)(C)C)N1C(=O)c1ccccc1. The highest BCUT2D eigenvalue weighted by atomic mass is 16.6. The number of rotatable bonds is 4. The van der Waals surface area contributed by atoms with Crippen LogP contribution in [0.15, 0.2) is 42.5 Å². The summed E-state index contributed by atoms with van der Waals surface area (Å²) in [6.07, 6.45) is -0.219. The van der Waals surface area contributed by atoms with Crippen molar-refractivity contribution in [3.63, 3.8) is 0 Å². The zero-order valence-electron chi connectivity index (χ0n) is 16.1. The van der Waals surface area contributed by atoms with E-state index in [2.05, 4.69) is 6.58 Å². The average Bonchev–Trinajstić information content (AvgIpc) is 2.81. The van der Waals surface area contributed by atoms with Crippen LogP contribution >= 0.6 is 0 Å². The number of ether oxygens (including phenoxy) is 1. The van der Waals surface area contributed by atoms with Gasteiger partial charge in [-0.25, -0.2) is 4.79 Å². The van der Waals surface area contributed by atoms with Gasteiger partial charge in [-0.15, -0.1) is 6.58 Å². The number of hydrogen-bond donors (Lipinski definition) is 0. The number of amides is 1. The number of cyclic esters (lactones) is 1. The molecule has 2 rings (SSSR count). The third-order valence-electron chi connectivity index (χ3n) is 4.74. The van der Waals surface area contributed by atoms with Crippen LogP contribution < -0.4 is 0 Å². The fraction of sp³-hybridized carbons (Fsp3) is 0.524. The normalized spacial score (nSPS) is 23.7. The summed E-state index contributed by atoms with van der Waals surface area (Å²) in [6.45, 7) is 15.7. The van der Waals surface area contributed by atoms with Crippen molar-refractivity contribution in [2.45, 2.75) is 59.7 Å². The number of carbonyl (C=O) groups excluding carboxylic acids is 2. The van der Waals surface area contributed by atoms with Crippen molar-refractivity contribution in [2.24, 2.45) is 11.3 Å². The van der Waals surface area contributed by atoms with E-state index in [4.69, 9.17) is 4.74 Å². The molecule has 1 aliphatic rings. The Bertz CT molecular complexity index is 672. The molecule has 1 heterocycles. The summed E-state index contributed by atoms with van der Waals surface area (Å²) in [5, 5.41) is 0. The highest BCUT2D eigenvalue weighted by Crippen LogP contribution is 2.45. The minimum Gasteiger partial charge on any atom is -0.439 e. The molecule has 0 radical (unpaired) electrons. The quantitative estimate of drug-likeness (QED) is 0.600. The third-order valence-corrected chi connectivity index (χ3v) is 4.74. The molecular weight excluding hydrogens is 314 g/mol. The minimum atomic E-state index is -1.03. The van der Waals surface area contributed by atoms with Crippen LogP contribution in [0.5, 0.6) is 0 Å². The first-order valence-electron chi connectivity index (χ1n) is 8.76. The highest BCUT2D eigenvalue weighted by Gasteiger charge is 2.61. The first-order chi connectivity index (χ1) is 11.5. The Balaban J connectivity index is 2.65. The monoisotopic (exact) mass is 343 g/mol. The van der Waals surface area contributed by atoms with Crippen molar-refractivity contribution in [3.8, 4) is 0 Å². The molecule has 1 saturated heterocycles. The second-order valence-corrected chi connectivity index (χ2v) is 8.38. The molecule has 0 aliphatic carbocycles. The summed E-state index contributed by atoms with van der Waals surface area (Å²) in [5.41, 5.74) is -0.0180. The smallest absolute Gasteiger partial charge is 0.334 e. The number of hydrogen-bond acceptors (Lipinski definition) is 3. The summed E-state index contributed by atoms with van der Waals surface area (Å²) < 4.78 is 5.78. The fourth-order valence-electron chi connectivity index (χ4n) is 3.47. The van der Waals surface area contributed by atoms with Gasteiger partial charge in [0.25, 0.3) is 5.91 Å². The Kier molecular flexibility index (Phi) is 5.12. The van der Waals surface area contributed by atoms with Gasteiger partial charge >= 0.3 is 5.97 Å². The molecule has 25 heavy (non-hydrogen) atoms. The first-order valence-corrected chi connectivity index (χ1v) is 8.76. The second-order valence-electron chi connectivity index (χ2n) is 8.38. The van der Waals surface area contributed by atoms with E-state index >= 15 is 0 Å². The van der Waals surface area contributed by atoms with Crippen molar-refractivity contribution in [1.82, 2.24) is 4.90 Å². The van der Waals surface area contributed by atoms with Crippen LogP contribution in [0.2, 0.25) is 0 Å². The molecule has 0 N–H and O–H groups in total. The maximum atomic E-state index is 13.4. The predicted molar refractivity (Wildman–Crippen MR) is 98.9 cm³/mol. The summed E-state index contributed by atoms with van der Waals surface area (Å²) in [4.78, 5) is 28.1. The van der Waals surface area contributed by atoms with E-state index in [1.165, 1.54) is 0 Å². The number of nitrogens with zero attached hydrogens (tertiary/aromatic N) is 1.